The fraction of sp³-hybridized carbons (Fsp3) is 0. The minimum atomic E-state index is -2.36. The molecule has 8 aromatic rings. The summed E-state index contributed by atoms with van der Waals surface area (Å²) in [5.74, 6) is 0. The average Bonchev–Trinajstić information content (AvgIpc) is 3.53. The molecule has 0 fully saturated rings. The monoisotopic (exact) mass is 546 g/mol. The maximum Gasteiger partial charge on any atom is 0.0632 e. The molecule has 0 radical (unpaired) electrons. The first-order valence-electron chi connectivity index (χ1n) is 13.6. The molecule has 4 heteroatoms. The molecule has 6 aromatic carbocycles. The largest absolute Gasteiger partial charge is 0.309 e. The summed E-state index contributed by atoms with van der Waals surface area (Å²) in [6, 6.07) is 48.2. The van der Waals surface area contributed by atoms with E-state index in [1.54, 1.807) is 0 Å². The SMILES string of the molecule is S=P1(c2ccccc2)c2cc3c4ccccc4n(-c4ccccc4)c3cc2-n2c3ccccc3c3cccc1c32. The highest BCUT2D eigenvalue weighted by atomic mass is 32.4. The Bertz CT molecular complexity index is 2350. The van der Waals surface area contributed by atoms with Gasteiger partial charge in [-0.2, -0.15) is 0 Å². The highest BCUT2D eigenvalue weighted by Gasteiger charge is 2.36. The molecule has 0 aliphatic carbocycles. The van der Waals surface area contributed by atoms with Crippen LogP contribution < -0.4 is 15.9 Å². The van der Waals surface area contributed by atoms with Crippen LogP contribution in [0, 0.1) is 0 Å². The van der Waals surface area contributed by atoms with E-state index in [4.69, 9.17) is 11.8 Å². The van der Waals surface area contributed by atoms with Crippen molar-refractivity contribution in [1.82, 2.24) is 9.13 Å². The van der Waals surface area contributed by atoms with Crippen molar-refractivity contribution >= 4 is 77.4 Å². The topological polar surface area (TPSA) is 9.86 Å². The highest BCUT2D eigenvalue weighted by Crippen LogP contribution is 2.52. The molecule has 0 amide bonds. The number of fused-ring (bicyclic) bond motifs is 8. The van der Waals surface area contributed by atoms with Crippen molar-refractivity contribution in [2.24, 2.45) is 0 Å². The van der Waals surface area contributed by atoms with Crippen LogP contribution in [0.25, 0.3) is 55.0 Å². The van der Waals surface area contributed by atoms with Crippen LogP contribution in [0.3, 0.4) is 0 Å². The third kappa shape index (κ3) is 2.76. The van der Waals surface area contributed by atoms with Gasteiger partial charge in [-0.1, -0.05) is 115 Å². The summed E-state index contributed by atoms with van der Waals surface area (Å²) in [6.45, 7) is 0. The lowest BCUT2D eigenvalue weighted by atomic mass is 10.1. The maximum atomic E-state index is 6.94. The molecule has 2 nitrogen and oxygen atoms in total. The van der Waals surface area contributed by atoms with Crippen LogP contribution in [0.5, 0.6) is 0 Å². The third-order valence-corrected chi connectivity index (χ3v) is 13.4. The number of hydrogen-bond acceptors (Lipinski definition) is 1. The van der Waals surface area contributed by atoms with Crippen LogP contribution >= 0.6 is 6.04 Å². The summed E-state index contributed by atoms with van der Waals surface area (Å²) in [5, 5.41) is 8.81. The molecule has 1 aliphatic rings. The van der Waals surface area contributed by atoms with Gasteiger partial charge < -0.3 is 9.13 Å². The van der Waals surface area contributed by atoms with Crippen molar-refractivity contribution < 1.29 is 0 Å². The van der Waals surface area contributed by atoms with Crippen molar-refractivity contribution in [3.63, 3.8) is 0 Å². The van der Waals surface area contributed by atoms with Gasteiger partial charge in [0.25, 0.3) is 0 Å². The van der Waals surface area contributed by atoms with E-state index in [1.807, 2.05) is 0 Å². The Morgan fingerprint density at radius 2 is 1.05 bits per heavy atom. The number of para-hydroxylation sites is 4. The first kappa shape index (κ1) is 22.4. The number of aromatic nitrogens is 2. The quantitative estimate of drug-likeness (QED) is 0.200. The Labute approximate surface area is 236 Å². The first-order valence-corrected chi connectivity index (χ1v) is 16.4. The molecule has 1 unspecified atom stereocenters. The van der Waals surface area contributed by atoms with Crippen LogP contribution in [0.4, 0.5) is 0 Å². The predicted octanol–water partition coefficient (Wildman–Crippen LogP) is 7.95. The van der Waals surface area contributed by atoms with E-state index in [2.05, 4.69) is 149 Å². The van der Waals surface area contributed by atoms with Gasteiger partial charge in [0, 0.05) is 43.9 Å². The second kappa shape index (κ2) is 8.05. The van der Waals surface area contributed by atoms with Gasteiger partial charge in [-0.05, 0) is 41.7 Å². The molecular weight excluding hydrogens is 523 g/mol. The molecule has 0 spiro atoms. The van der Waals surface area contributed by atoms with Gasteiger partial charge >= 0.3 is 0 Å². The van der Waals surface area contributed by atoms with Gasteiger partial charge in [0.1, 0.15) is 0 Å². The molecular formula is C36H23N2PS. The molecule has 0 N–H and O–H groups in total. The molecule has 1 aliphatic heterocycles. The Balaban J connectivity index is 1.54. The van der Waals surface area contributed by atoms with Gasteiger partial charge in [-0.25, -0.2) is 0 Å². The molecule has 188 valence electrons. The molecule has 1 atom stereocenters. The summed E-state index contributed by atoms with van der Waals surface area (Å²) < 4.78 is 4.88. The van der Waals surface area contributed by atoms with Crippen LogP contribution in [-0.4, -0.2) is 9.13 Å². The van der Waals surface area contributed by atoms with E-state index >= 15 is 0 Å². The van der Waals surface area contributed by atoms with E-state index in [1.165, 1.54) is 65.2 Å². The van der Waals surface area contributed by atoms with Gasteiger partial charge in [0.05, 0.1) is 27.8 Å². The van der Waals surface area contributed by atoms with Gasteiger partial charge in [-0.15, -0.1) is 0 Å². The van der Waals surface area contributed by atoms with E-state index in [0.717, 1.165) is 5.69 Å². The summed E-state index contributed by atoms with van der Waals surface area (Å²) in [4.78, 5) is 0. The number of hydrogen-bond donors (Lipinski definition) is 0. The number of nitrogens with zero attached hydrogens (tertiary/aromatic N) is 2. The molecule has 0 saturated carbocycles. The van der Waals surface area contributed by atoms with E-state index in [9.17, 15) is 0 Å². The summed E-state index contributed by atoms with van der Waals surface area (Å²) in [7, 11) is 0. The number of benzene rings is 6. The zero-order valence-corrected chi connectivity index (χ0v) is 23.2. The molecule has 9 rings (SSSR count). The van der Waals surface area contributed by atoms with Crippen LogP contribution in [-0.2, 0) is 11.8 Å². The lowest BCUT2D eigenvalue weighted by Gasteiger charge is -2.32. The summed E-state index contributed by atoms with van der Waals surface area (Å²) in [5.41, 5.74) is 7.25. The fourth-order valence-electron chi connectivity index (χ4n) is 6.83. The minimum Gasteiger partial charge on any atom is -0.309 e. The lowest BCUT2D eigenvalue weighted by Crippen LogP contribution is -2.32. The first-order chi connectivity index (χ1) is 19.7. The molecule has 40 heavy (non-hydrogen) atoms. The van der Waals surface area contributed by atoms with Crippen LogP contribution in [0.15, 0.2) is 140 Å². The van der Waals surface area contributed by atoms with Crippen molar-refractivity contribution in [2.45, 2.75) is 0 Å². The van der Waals surface area contributed by atoms with Crippen molar-refractivity contribution in [3.05, 3.63) is 140 Å². The fourth-order valence-corrected chi connectivity index (χ4v) is 11.1. The lowest BCUT2D eigenvalue weighted by molar-refractivity contribution is 1.16. The van der Waals surface area contributed by atoms with Gasteiger partial charge in [0.15, 0.2) is 0 Å². The Hall–Kier alpha value is -4.43. The van der Waals surface area contributed by atoms with Crippen molar-refractivity contribution in [1.29, 1.82) is 0 Å². The standard InChI is InChI=1S/C36H23N2PS/c40-39(25-14-5-2-6-15-25)34-21-11-18-28-26-16-7-10-20-31(26)38(36(28)34)33-23-32-29(22-35(33)39)27-17-8-9-19-30(27)37(32)24-12-3-1-4-13-24/h1-23H. The second-order valence-corrected chi connectivity index (χ2v) is 14.9. The Kier molecular flexibility index (Phi) is 4.51. The highest BCUT2D eigenvalue weighted by molar-refractivity contribution is 8.25. The number of rotatable bonds is 2. The van der Waals surface area contributed by atoms with E-state index in [-0.39, 0.29) is 0 Å². The average molecular weight is 547 g/mol. The summed E-state index contributed by atoms with van der Waals surface area (Å²) in [6.07, 6.45) is 0. The van der Waals surface area contributed by atoms with E-state index < -0.39 is 6.04 Å². The van der Waals surface area contributed by atoms with Crippen LogP contribution in [0.2, 0.25) is 0 Å². The zero-order valence-electron chi connectivity index (χ0n) is 21.5. The van der Waals surface area contributed by atoms with Crippen molar-refractivity contribution in [3.8, 4) is 11.4 Å². The van der Waals surface area contributed by atoms with Crippen LogP contribution in [0.1, 0.15) is 0 Å². The smallest absolute Gasteiger partial charge is 0.0632 e. The maximum absolute atomic E-state index is 6.94. The zero-order chi connectivity index (χ0) is 26.4. The molecule has 0 saturated heterocycles. The molecule has 3 heterocycles. The van der Waals surface area contributed by atoms with E-state index in [0.29, 0.717) is 0 Å². The van der Waals surface area contributed by atoms with Gasteiger partial charge in [0.2, 0.25) is 0 Å². The van der Waals surface area contributed by atoms with Gasteiger partial charge in [-0.3, -0.25) is 0 Å². The van der Waals surface area contributed by atoms with Crippen molar-refractivity contribution in [2.75, 3.05) is 0 Å². The Morgan fingerprint density at radius 1 is 0.450 bits per heavy atom. The normalized spacial score (nSPS) is 16.2. The predicted molar refractivity (Wildman–Crippen MR) is 175 cm³/mol. The summed E-state index contributed by atoms with van der Waals surface area (Å²) >= 11 is 6.94. The Morgan fingerprint density at radius 3 is 1.80 bits per heavy atom. The molecule has 0 bridgehead atoms. The molecule has 2 aromatic heterocycles. The second-order valence-electron chi connectivity index (χ2n) is 10.5. The minimum absolute atomic E-state index is 1.16. The third-order valence-electron chi connectivity index (χ3n) is 8.50.